The molecular weight excluding hydrogens is 448 g/mol. The smallest absolute Gasteiger partial charge is 0.263 e. The Morgan fingerprint density at radius 2 is 1.82 bits per heavy atom. The standard InChI is InChI=1S/C26H26N4O3S/c1-4-29(5-2)25(32)19-7-6-8-20(13-19)28-22(31)14-30-16-27-24-23(26(30)33)21(15-34-24)18-11-9-17(3)10-12-18/h6-13,15-16H,4-5,14H2,1-3H3,(H,28,31). The minimum absolute atomic E-state index is 0.0898. The summed E-state index contributed by atoms with van der Waals surface area (Å²) in [4.78, 5) is 45.3. The highest BCUT2D eigenvalue weighted by Crippen LogP contribution is 2.30. The maximum absolute atomic E-state index is 13.2. The third-order valence-electron chi connectivity index (χ3n) is 5.68. The molecule has 0 atom stereocenters. The number of nitrogens with one attached hydrogen (secondary N) is 1. The number of rotatable bonds is 7. The van der Waals surface area contributed by atoms with Crippen molar-refractivity contribution in [2.75, 3.05) is 18.4 Å². The Bertz CT molecular complexity index is 1400. The van der Waals surface area contributed by atoms with E-state index in [9.17, 15) is 14.4 Å². The lowest BCUT2D eigenvalue weighted by Crippen LogP contribution is -2.30. The van der Waals surface area contributed by atoms with Crippen molar-refractivity contribution in [3.63, 3.8) is 0 Å². The molecule has 4 rings (SSSR count). The highest BCUT2D eigenvalue weighted by molar-refractivity contribution is 7.17. The highest BCUT2D eigenvalue weighted by Gasteiger charge is 2.16. The van der Waals surface area contributed by atoms with E-state index in [-0.39, 0.29) is 23.9 Å². The first kappa shape index (κ1) is 23.4. The van der Waals surface area contributed by atoms with Crippen LogP contribution >= 0.6 is 11.3 Å². The number of thiophene rings is 1. The van der Waals surface area contributed by atoms with E-state index in [1.807, 2.05) is 50.4 Å². The van der Waals surface area contributed by atoms with Crippen molar-refractivity contribution in [2.24, 2.45) is 0 Å². The van der Waals surface area contributed by atoms with Crippen molar-refractivity contribution in [1.82, 2.24) is 14.5 Å². The SMILES string of the molecule is CCN(CC)C(=O)c1cccc(NC(=O)Cn2cnc3scc(-c4ccc(C)cc4)c3c2=O)c1. The van der Waals surface area contributed by atoms with Crippen LogP contribution in [0.4, 0.5) is 5.69 Å². The number of benzene rings is 2. The summed E-state index contributed by atoms with van der Waals surface area (Å²) in [6.07, 6.45) is 1.40. The Hall–Kier alpha value is -3.78. The van der Waals surface area contributed by atoms with Gasteiger partial charge in [0.1, 0.15) is 11.4 Å². The molecule has 0 bridgehead atoms. The first-order valence-electron chi connectivity index (χ1n) is 11.1. The molecule has 4 aromatic rings. The van der Waals surface area contributed by atoms with Crippen LogP contribution in [0.25, 0.3) is 21.3 Å². The Morgan fingerprint density at radius 3 is 2.53 bits per heavy atom. The van der Waals surface area contributed by atoms with Gasteiger partial charge >= 0.3 is 0 Å². The van der Waals surface area contributed by atoms with Crippen molar-refractivity contribution < 1.29 is 9.59 Å². The van der Waals surface area contributed by atoms with Crippen LogP contribution in [0.3, 0.4) is 0 Å². The summed E-state index contributed by atoms with van der Waals surface area (Å²) in [5.74, 6) is -0.462. The summed E-state index contributed by atoms with van der Waals surface area (Å²) in [6, 6.07) is 14.8. The number of nitrogens with zero attached hydrogens (tertiary/aromatic N) is 3. The molecule has 34 heavy (non-hydrogen) atoms. The van der Waals surface area contributed by atoms with Gasteiger partial charge in [-0.05, 0) is 44.5 Å². The van der Waals surface area contributed by atoms with Gasteiger partial charge < -0.3 is 10.2 Å². The van der Waals surface area contributed by atoms with Gasteiger partial charge in [0.15, 0.2) is 0 Å². The van der Waals surface area contributed by atoms with Gasteiger partial charge in [-0.3, -0.25) is 19.0 Å². The Labute approximate surface area is 201 Å². The van der Waals surface area contributed by atoms with Gasteiger partial charge in [0, 0.05) is 35.3 Å². The van der Waals surface area contributed by atoms with E-state index < -0.39 is 0 Å². The molecule has 2 heterocycles. The van der Waals surface area contributed by atoms with Gasteiger partial charge in [-0.2, -0.15) is 0 Å². The van der Waals surface area contributed by atoms with E-state index in [0.29, 0.717) is 34.6 Å². The summed E-state index contributed by atoms with van der Waals surface area (Å²) < 4.78 is 1.31. The fourth-order valence-corrected chi connectivity index (χ4v) is 4.71. The topological polar surface area (TPSA) is 84.3 Å². The van der Waals surface area contributed by atoms with Crippen LogP contribution in [0.1, 0.15) is 29.8 Å². The summed E-state index contributed by atoms with van der Waals surface area (Å²) in [5, 5.41) is 5.22. The van der Waals surface area contributed by atoms with Gasteiger partial charge in [-0.1, -0.05) is 35.9 Å². The Kier molecular flexibility index (Phi) is 6.88. The van der Waals surface area contributed by atoms with Crippen molar-refractivity contribution in [2.45, 2.75) is 27.3 Å². The zero-order valence-corrected chi connectivity index (χ0v) is 20.2. The van der Waals surface area contributed by atoms with Gasteiger partial charge in [0.25, 0.3) is 11.5 Å². The third kappa shape index (κ3) is 4.77. The number of aromatic nitrogens is 2. The predicted molar refractivity (Wildman–Crippen MR) is 136 cm³/mol. The van der Waals surface area contributed by atoms with Gasteiger partial charge in [0.05, 0.1) is 11.7 Å². The molecule has 0 unspecified atom stereocenters. The van der Waals surface area contributed by atoms with E-state index in [2.05, 4.69) is 10.3 Å². The van der Waals surface area contributed by atoms with Gasteiger partial charge in [0.2, 0.25) is 5.91 Å². The fourth-order valence-electron chi connectivity index (χ4n) is 3.80. The summed E-state index contributed by atoms with van der Waals surface area (Å²) >= 11 is 1.41. The van der Waals surface area contributed by atoms with Crippen LogP contribution in [0.15, 0.2) is 65.0 Å². The van der Waals surface area contributed by atoms with Crippen LogP contribution in [0.2, 0.25) is 0 Å². The van der Waals surface area contributed by atoms with Crippen LogP contribution in [0, 0.1) is 6.92 Å². The molecule has 0 radical (unpaired) electrons. The molecule has 1 N–H and O–H groups in total. The first-order chi connectivity index (χ1) is 16.4. The fraction of sp³-hybridized carbons (Fsp3) is 0.231. The largest absolute Gasteiger partial charge is 0.339 e. The van der Waals surface area contributed by atoms with E-state index >= 15 is 0 Å². The van der Waals surface area contributed by atoms with Crippen LogP contribution in [-0.2, 0) is 11.3 Å². The summed E-state index contributed by atoms with van der Waals surface area (Å²) in [5.41, 5.74) is 3.63. The zero-order chi connectivity index (χ0) is 24.2. The Morgan fingerprint density at radius 1 is 1.09 bits per heavy atom. The zero-order valence-electron chi connectivity index (χ0n) is 19.4. The molecule has 0 saturated carbocycles. The average molecular weight is 475 g/mol. The number of fused-ring (bicyclic) bond motifs is 1. The molecule has 0 aliphatic heterocycles. The number of anilines is 1. The normalized spacial score (nSPS) is 10.9. The molecule has 2 aromatic carbocycles. The van der Waals surface area contributed by atoms with Crippen molar-refractivity contribution >= 4 is 39.1 Å². The van der Waals surface area contributed by atoms with Crippen molar-refractivity contribution in [1.29, 1.82) is 0 Å². The van der Waals surface area contributed by atoms with Crippen LogP contribution in [-0.4, -0.2) is 39.4 Å². The predicted octanol–water partition coefficient (Wildman–Crippen LogP) is 4.55. The third-order valence-corrected chi connectivity index (χ3v) is 6.57. The number of carbonyl (C=O) groups excluding carboxylic acids is 2. The average Bonchev–Trinajstić information content (AvgIpc) is 3.27. The number of hydrogen-bond acceptors (Lipinski definition) is 5. The molecular formula is C26H26N4O3S. The van der Waals surface area contributed by atoms with Crippen LogP contribution in [0.5, 0.6) is 0 Å². The summed E-state index contributed by atoms with van der Waals surface area (Å²) in [7, 11) is 0. The maximum Gasteiger partial charge on any atom is 0.263 e. The minimum atomic E-state index is -0.372. The Balaban J connectivity index is 1.56. The quantitative estimate of drug-likeness (QED) is 0.426. The number of carbonyl (C=O) groups is 2. The first-order valence-corrected chi connectivity index (χ1v) is 12.0. The van der Waals surface area contributed by atoms with Gasteiger partial charge in [-0.15, -0.1) is 11.3 Å². The second-order valence-electron chi connectivity index (χ2n) is 7.98. The molecule has 0 spiro atoms. The number of aryl methyl sites for hydroxylation is 1. The van der Waals surface area contributed by atoms with E-state index in [4.69, 9.17) is 0 Å². The molecule has 0 fully saturated rings. The molecule has 7 nitrogen and oxygen atoms in total. The lowest BCUT2D eigenvalue weighted by Gasteiger charge is -2.19. The number of amides is 2. The molecule has 2 amide bonds. The van der Waals surface area contributed by atoms with E-state index in [1.54, 1.807) is 29.2 Å². The highest BCUT2D eigenvalue weighted by atomic mass is 32.1. The van der Waals surface area contributed by atoms with Crippen molar-refractivity contribution in [3.8, 4) is 11.1 Å². The molecule has 174 valence electrons. The second kappa shape index (κ2) is 10.0. The maximum atomic E-state index is 13.2. The molecule has 2 aromatic heterocycles. The molecule has 0 aliphatic carbocycles. The molecule has 0 saturated heterocycles. The van der Waals surface area contributed by atoms with E-state index in [1.165, 1.54) is 22.2 Å². The minimum Gasteiger partial charge on any atom is -0.339 e. The van der Waals surface area contributed by atoms with E-state index in [0.717, 1.165) is 16.7 Å². The molecule has 0 aliphatic rings. The molecule has 8 heteroatoms. The van der Waals surface area contributed by atoms with Crippen molar-refractivity contribution in [3.05, 3.63) is 81.7 Å². The lowest BCUT2D eigenvalue weighted by molar-refractivity contribution is -0.116. The monoisotopic (exact) mass is 474 g/mol. The second-order valence-corrected chi connectivity index (χ2v) is 8.84. The number of hydrogen-bond donors (Lipinski definition) is 1. The van der Waals surface area contributed by atoms with Crippen LogP contribution < -0.4 is 10.9 Å². The lowest BCUT2D eigenvalue weighted by atomic mass is 10.1. The van der Waals surface area contributed by atoms with Gasteiger partial charge in [-0.25, -0.2) is 4.98 Å². The summed E-state index contributed by atoms with van der Waals surface area (Å²) in [6.45, 7) is 6.90.